The van der Waals surface area contributed by atoms with Gasteiger partial charge in [0, 0.05) is 17.7 Å². The van der Waals surface area contributed by atoms with Gasteiger partial charge in [-0.1, -0.05) is 26.0 Å². The van der Waals surface area contributed by atoms with Crippen LogP contribution >= 0.6 is 0 Å². The van der Waals surface area contributed by atoms with E-state index in [4.69, 9.17) is 0 Å². The standard InChI is InChI=1S/C19H16F7NO2/c1-3-11-9-12(4-2)16(13-5-7-14(8-6-13)27(28)29)15(10-11)17(20,18(21,22)23)19(24,25)26/h5-10H,3-4H2,1-2H3. The Balaban J connectivity index is 2.95. The molecule has 0 bridgehead atoms. The van der Waals surface area contributed by atoms with Crippen LogP contribution in [0, 0.1) is 10.1 Å². The number of halogens is 7. The van der Waals surface area contributed by atoms with Gasteiger partial charge in [-0.25, -0.2) is 4.39 Å². The lowest BCUT2D eigenvalue weighted by Gasteiger charge is -2.33. The van der Waals surface area contributed by atoms with Gasteiger partial charge in [0.25, 0.3) is 5.69 Å². The van der Waals surface area contributed by atoms with E-state index in [0.717, 1.165) is 24.3 Å². The largest absolute Gasteiger partial charge is 0.435 e. The molecule has 0 atom stereocenters. The van der Waals surface area contributed by atoms with Crippen LogP contribution in [0.25, 0.3) is 11.1 Å². The van der Waals surface area contributed by atoms with E-state index in [1.807, 2.05) is 0 Å². The molecule has 0 saturated heterocycles. The van der Waals surface area contributed by atoms with Crippen LogP contribution in [0.3, 0.4) is 0 Å². The van der Waals surface area contributed by atoms with Gasteiger partial charge in [-0.05, 0) is 47.2 Å². The maximum absolute atomic E-state index is 15.0. The fourth-order valence-corrected chi connectivity index (χ4v) is 3.08. The number of nitro benzene ring substituents is 1. The molecule has 0 spiro atoms. The van der Waals surface area contributed by atoms with Crippen molar-refractivity contribution in [2.45, 2.75) is 44.7 Å². The van der Waals surface area contributed by atoms with E-state index in [0.29, 0.717) is 6.07 Å². The average Bonchev–Trinajstić information content (AvgIpc) is 2.64. The van der Waals surface area contributed by atoms with Gasteiger partial charge in [0.15, 0.2) is 0 Å². The van der Waals surface area contributed by atoms with E-state index in [1.54, 1.807) is 0 Å². The van der Waals surface area contributed by atoms with E-state index in [-0.39, 0.29) is 29.5 Å². The molecule has 0 fully saturated rings. The Bertz CT molecular complexity index is 888. The number of non-ortho nitro benzene ring substituents is 1. The molecule has 0 aromatic heterocycles. The van der Waals surface area contributed by atoms with E-state index < -0.39 is 39.8 Å². The molecule has 0 aliphatic rings. The van der Waals surface area contributed by atoms with Crippen LogP contribution in [0.5, 0.6) is 0 Å². The van der Waals surface area contributed by atoms with Crippen LogP contribution in [-0.2, 0) is 18.5 Å². The van der Waals surface area contributed by atoms with Gasteiger partial charge < -0.3 is 0 Å². The molecule has 3 nitrogen and oxygen atoms in total. The summed E-state index contributed by atoms with van der Waals surface area (Å²) in [7, 11) is 0. The van der Waals surface area contributed by atoms with Crippen molar-refractivity contribution in [1.82, 2.24) is 0 Å². The Morgan fingerprint density at radius 3 is 1.76 bits per heavy atom. The van der Waals surface area contributed by atoms with Crippen molar-refractivity contribution >= 4 is 5.69 Å². The fraction of sp³-hybridized carbons (Fsp3) is 0.368. The minimum absolute atomic E-state index is 0.0267. The zero-order chi connectivity index (χ0) is 22.2. The Labute approximate surface area is 161 Å². The second-order valence-electron chi connectivity index (χ2n) is 6.34. The maximum Gasteiger partial charge on any atom is 0.435 e. The van der Waals surface area contributed by atoms with Crippen LogP contribution in [0.1, 0.15) is 30.5 Å². The molecule has 0 unspecified atom stereocenters. The Kier molecular flexibility index (Phi) is 5.97. The monoisotopic (exact) mass is 423 g/mol. The number of alkyl halides is 7. The van der Waals surface area contributed by atoms with Crippen molar-refractivity contribution in [2.75, 3.05) is 0 Å². The summed E-state index contributed by atoms with van der Waals surface area (Å²) in [6.07, 6.45) is -12.4. The zero-order valence-corrected chi connectivity index (χ0v) is 15.3. The number of benzene rings is 2. The quantitative estimate of drug-likeness (QED) is 0.306. The van der Waals surface area contributed by atoms with Gasteiger partial charge in [-0.3, -0.25) is 10.1 Å². The lowest BCUT2D eigenvalue weighted by atomic mass is 9.82. The summed E-state index contributed by atoms with van der Waals surface area (Å²) in [5.74, 6) is 0. The van der Waals surface area contributed by atoms with Gasteiger partial charge in [-0.2, -0.15) is 26.3 Å². The Hall–Kier alpha value is -2.65. The van der Waals surface area contributed by atoms with Crippen LogP contribution in [0.15, 0.2) is 36.4 Å². The first-order valence-electron chi connectivity index (χ1n) is 8.51. The number of rotatable bonds is 5. The lowest BCUT2D eigenvalue weighted by molar-refractivity contribution is -0.384. The molecule has 0 saturated carbocycles. The second kappa shape index (κ2) is 7.64. The number of aryl methyl sites for hydroxylation is 2. The lowest BCUT2D eigenvalue weighted by Crippen LogP contribution is -2.50. The fourth-order valence-electron chi connectivity index (χ4n) is 3.08. The summed E-state index contributed by atoms with van der Waals surface area (Å²) in [5.41, 5.74) is -8.15. The van der Waals surface area contributed by atoms with Crippen molar-refractivity contribution in [3.8, 4) is 11.1 Å². The first-order valence-corrected chi connectivity index (χ1v) is 8.51. The molecule has 0 radical (unpaired) electrons. The SMILES string of the molecule is CCc1cc(CC)c(-c2ccc([N+](=O)[O-])cc2)c(C(F)(C(F)(F)F)C(F)(F)F)c1. The number of nitrogens with zero attached hydrogens (tertiary/aromatic N) is 1. The number of hydrogen-bond donors (Lipinski definition) is 0. The molecule has 2 rings (SSSR count). The van der Waals surface area contributed by atoms with Crippen LogP contribution in [0.4, 0.5) is 36.4 Å². The normalized spacial score (nSPS) is 12.9. The average molecular weight is 423 g/mol. The highest BCUT2D eigenvalue weighted by molar-refractivity contribution is 5.74. The van der Waals surface area contributed by atoms with Crippen LogP contribution < -0.4 is 0 Å². The van der Waals surface area contributed by atoms with E-state index in [2.05, 4.69) is 0 Å². The summed E-state index contributed by atoms with van der Waals surface area (Å²) in [5, 5.41) is 10.8. The van der Waals surface area contributed by atoms with Gasteiger partial charge >= 0.3 is 18.0 Å². The summed E-state index contributed by atoms with van der Waals surface area (Å²) in [6.45, 7) is 3.03. The van der Waals surface area contributed by atoms with Crippen LogP contribution in [-0.4, -0.2) is 17.3 Å². The topological polar surface area (TPSA) is 43.1 Å². The summed E-state index contributed by atoms with van der Waals surface area (Å²) >= 11 is 0. The molecule has 158 valence electrons. The predicted molar refractivity (Wildman–Crippen MR) is 92.2 cm³/mol. The molecular weight excluding hydrogens is 407 g/mol. The van der Waals surface area contributed by atoms with Crippen molar-refractivity contribution in [1.29, 1.82) is 0 Å². The molecule has 29 heavy (non-hydrogen) atoms. The molecule has 0 heterocycles. The molecule has 0 N–H and O–H groups in total. The van der Waals surface area contributed by atoms with Crippen molar-refractivity contribution in [3.63, 3.8) is 0 Å². The minimum Gasteiger partial charge on any atom is -0.258 e. The van der Waals surface area contributed by atoms with Crippen molar-refractivity contribution in [2.24, 2.45) is 0 Å². The maximum atomic E-state index is 15.0. The van der Waals surface area contributed by atoms with Gasteiger partial charge in [0.05, 0.1) is 4.92 Å². The highest BCUT2D eigenvalue weighted by Crippen LogP contribution is 2.56. The van der Waals surface area contributed by atoms with Gasteiger partial charge in [0.1, 0.15) is 0 Å². The minimum atomic E-state index is -6.27. The predicted octanol–water partition coefficient (Wildman–Crippen LogP) is 6.68. The van der Waals surface area contributed by atoms with Gasteiger partial charge in [0.2, 0.25) is 0 Å². The number of hydrogen-bond acceptors (Lipinski definition) is 2. The van der Waals surface area contributed by atoms with E-state index in [9.17, 15) is 40.8 Å². The third kappa shape index (κ3) is 3.92. The molecule has 0 aliphatic heterocycles. The number of nitro groups is 1. The highest BCUT2D eigenvalue weighted by Gasteiger charge is 2.74. The van der Waals surface area contributed by atoms with Crippen molar-refractivity contribution in [3.05, 3.63) is 63.2 Å². The Morgan fingerprint density at radius 1 is 0.862 bits per heavy atom. The molecular formula is C19H16F7NO2. The molecule has 0 amide bonds. The summed E-state index contributed by atoms with van der Waals surface area (Å²) in [4.78, 5) is 10.0. The molecule has 0 aliphatic carbocycles. The first-order chi connectivity index (χ1) is 13.3. The summed E-state index contributed by atoms with van der Waals surface area (Å²) < 4.78 is 95.6. The first kappa shape index (κ1) is 22.6. The molecule has 10 heteroatoms. The van der Waals surface area contributed by atoms with Crippen LogP contribution in [0.2, 0.25) is 0 Å². The second-order valence-corrected chi connectivity index (χ2v) is 6.34. The van der Waals surface area contributed by atoms with E-state index >= 15 is 0 Å². The Morgan fingerprint density at radius 2 is 1.38 bits per heavy atom. The van der Waals surface area contributed by atoms with E-state index in [1.165, 1.54) is 19.9 Å². The van der Waals surface area contributed by atoms with Gasteiger partial charge in [-0.15, -0.1) is 0 Å². The third-order valence-electron chi connectivity index (χ3n) is 4.59. The van der Waals surface area contributed by atoms with Crippen molar-refractivity contribution < 1.29 is 35.7 Å². The zero-order valence-electron chi connectivity index (χ0n) is 15.3. The highest BCUT2D eigenvalue weighted by atomic mass is 19.4. The third-order valence-corrected chi connectivity index (χ3v) is 4.59. The molecule has 2 aromatic rings. The summed E-state index contributed by atoms with van der Waals surface area (Å²) in [6, 6.07) is 5.87. The smallest absolute Gasteiger partial charge is 0.258 e. The molecule has 2 aromatic carbocycles.